The first-order chi connectivity index (χ1) is 10.1. The van der Waals surface area contributed by atoms with Gasteiger partial charge in [-0.2, -0.15) is 5.10 Å². The predicted octanol–water partition coefficient (Wildman–Crippen LogP) is 3.92. The molecule has 0 saturated heterocycles. The second-order valence-electron chi connectivity index (χ2n) is 5.86. The monoisotopic (exact) mass is 285 g/mol. The largest absolute Gasteiger partial charge is 0.306 e. The van der Waals surface area contributed by atoms with Gasteiger partial charge in [-0.05, 0) is 37.8 Å². The van der Waals surface area contributed by atoms with Gasteiger partial charge in [0, 0.05) is 31.4 Å². The highest BCUT2D eigenvalue weighted by Crippen LogP contribution is 2.16. The van der Waals surface area contributed by atoms with Crippen LogP contribution in [-0.4, -0.2) is 9.78 Å². The fourth-order valence-electron chi connectivity index (χ4n) is 2.56. The summed E-state index contributed by atoms with van der Waals surface area (Å²) in [5.74, 6) is 0. The zero-order valence-corrected chi connectivity index (χ0v) is 13.7. The van der Waals surface area contributed by atoms with Crippen molar-refractivity contribution in [1.29, 1.82) is 0 Å². The number of nitrogens with zero attached hydrogens (tertiary/aromatic N) is 2. The number of hydrogen-bond acceptors (Lipinski definition) is 2. The lowest BCUT2D eigenvalue weighted by Gasteiger charge is -2.14. The van der Waals surface area contributed by atoms with E-state index in [0.29, 0.717) is 6.04 Å². The van der Waals surface area contributed by atoms with Gasteiger partial charge in [0.2, 0.25) is 0 Å². The molecule has 0 amide bonds. The van der Waals surface area contributed by atoms with E-state index in [1.807, 2.05) is 11.7 Å². The number of unbranched alkanes of at least 4 members (excludes halogenated alkanes) is 1. The van der Waals surface area contributed by atoms with Crippen LogP contribution in [0.5, 0.6) is 0 Å². The first-order valence-electron chi connectivity index (χ1n) is 7.91. The SMILES string of the molecule is CCCCc1ccc(C(C)NCc2cn(C)nc2C)cc1. The topological polar surface area (TPSA) is 29.9 Å². The van der Waals surface area contributed by atoms with E-state index in [2.05, 4.69) is 61.6 Å². The number of benzene rings is 1. The number of hydrogen-bond donors (Lipinski definition) is 1. The Morgan fingerprint density at radius 2 is 1.95 bits per heavy atom. The van der Waals surface area contributed by atoms with Gasteiger partial charge in [-0.3, -0.25) is 4.68 Å². The summed E-state index contributed by atoms with van der Waals surface area (Å²) in [5.41, 5.74) is 5.16. The maximum atomic E-state index is 4.38. The molecular formula is C18H27N3. The molecule has 114 valence electrons. The van der Waals surface area contributed by atoms with Crippen LogP contribution in [0.1, 0.15) is 55.1 Å². The molecule has 0 spiro atoms. The molecule has 0 aliphatic rings. The molecule has 1 N–H and O–H groups in total. The van der Waals surface area contributed by atoms with Gasteiger partial charge in [-0.1, -0.05) is 37.6 Å². The normalized spacial score (nSPS) is 12.6. The second-order valence-corrected chi connectivity index (χ2v) is 5.86. The lowest BCUT2D eigenvalue weighted by molar-refractivity contribution is 0.573. The van der Waals surface area contributed by atoms with Crippen molar-refractivity contribution in [3.8, 4) is 0 Å². The van der Waals surface area contributed by atoms with Crippen LogP contribution < -0.4 is 5.32 Å². The molecule has 3 heteroatoms. The molecular weight excluding hydrogens is 258 g/mol. The highest BCUT2D eigenvalue weighted by molar-refractivity contribution is 5.25. The average molecular weight is 285 g/mol. The maximum Gasteiger partial charge on any atom is 0.0638 e. The van der Waals surface area contributed by atoms with Crippen LogP contribution in [0.25, 0.3) is 0 Å². The lowest BCUT2D eigenvalue weighted by atomic mass is 10.0. The van der Waals surface area contributed by atoms with Gasteiger partial charge in [0.15, 0.2) is 0 Å². The summed E-state index contributed by atoms with van der Waals surface area (Å²) in [7, 11) is 1.97. The Hall–Kier alpha value is -1.61. The molecule has 0 aliphatic carbocycles. The third-order valence-electron chi connectivity index (χ3n) is 4.01. The second kappa shape index (κ2) is 7.41. The quantitative estimate of drug-likeness (QED) is 0.835. The van der Waals surface area contributed by atoms with Crippen molar-refractivity contribution < 1.29 is 0 Å². The minimum absolute atomic E-state index is 0.352. The molecule has 0 fully saturated rings. The van der Waals surface area contributed by atoms with Gasteiger partial charge >= 0.3 is 0 Å². The number of aryl methyl sites for hydroxylation is 3. The zero-order chi connectivity index (χ0) is 15.2. The number of rotatable bonds is 7. The Morgan fingerprint density at radius 1 is 1.24 bits per heavy atom. The van der Waals surface area contributed by atoms with Crippen molar-refractivity contribution in [2.45, 2.75) is 52.6 Å². The van der Waals surface area contributed by atoms with Crippen LogP contribution >= 0.6 is 0 Å². The Balaban J connectivity index is 1.90. The highest BCUT2D eigenvalue weighted by atomic mass is 15.2. The van der Waals surface area contributed by atoms with Gasteiger partial charge < -0.3 is 5.32 Å². The fraction of sp³-hybridized carbons (Fsp3) is 0.500. The smallest absolute Gasteiger partial charge is 0.0638 e. The van der Waals surface area contributed by atoms with Crippen molar-refractivity contribution in [2.24, 2.45) is 7.05 Å². The molecule has 1 atom stereocenters. The minimum Gasteiger partial charge on any atom is -0.306 e. The van der Waals surface area contributed by atoms with E-state index >= 15 is 0 Å². The van der Waals surface area contributed by atoms with Crippen LogP contribution in [-0.2, 0) is 20.0 Å². The van der Waals surface area contributed by atoms with Crippen LogP contribution in [0.2, 0.25) is 0 Å². The summed E-state index contributed by atoms with van der Waals surface area (Å²) in [6.07, 6.45) is 5.80. The van der Waals surface area contributed by atoms with E-state index in [4.69, 9.17) is 0 Å². The van der Waals surface area contributed by atoms with E-state index in [1.165, 1.54) is 36.0 Å². The summed E-state index contributed by atoms with van der Waals surface area (Å²) < 4.78 is 1.87. The summed E-state index contributed by atoms with van der Waals surface area (Å²) in [5, 5.41) is 7.96. The summed E-state index contributed by atoms with van der Waals surface area (Å²) in [6.45, 7) is 7.37. The lowest BCUT2D eigenvalue weighted by Crippen LogP contribution is -2.18. The van der Waals surface area contributed by atoms with Crippen LogP contribution in [0.15, 0.2) is 30.5 Å². The first kappa shape index (κ1) is 15.8. The molecule has 0 aliphatic heterocycles. The van der Waals surface area contributed by atoms with Gasteiger partial charge in [-0.25, -0.2) is 0 Å². The average Bonchev–Trinajstić information content (AvgIpc) is 2.81. The van der Waals surface area contributed by atoms with Gasteiger partial charge in [0.1, 0.15) is 0 Å². The summed E-state index contributed by atoms with van der Waals surface area (Å²) in [6, 6.07) is 9.37. The van der Waals surface area contributed by atoms with Gasteiger partial charge in [-0.15, -0.1) is 0 Å². The third kappa shape index (κ3) is 4.43. The zero-order valence-electron chi connectivity index (χ0n) is 13.7. The molecule has 3 nitrogen and oxygen atoms in total. The maximum absolute atomic E-state index is 4.38. The molecule has 21 heavy (non-hydrogen) atoms. The van der Waals surface area contributed by atoms with E-state index in [9.17, 15) is 0 Å². The van der Waals surface area contributed by atoms with Crippen molar-refractivity contribution in [2.75, 3.05) is 0 Å². The molecule has 2 aromatic rings. The van der Waals surface area contributed by atoms with Crippen LogP contribution in [0.3, 0.4) is 0 Å². The van der Waals surface area contributed by atoms with Gasteiger partial charge in [0.05, 0.1) is 5.69 Å². The first-order valence-corrected chi connectivity index (χ1v) is 7.91. The van der Waals surface area contributed by atoms with Gasteiger partial charge in [0.25, 0.3) is 0 Å². The van der Waals surface area contributed by atoms with E-state index in [0.717, 1.165) is 12.2 Å². The predicted molar refractivity (Wildman–Crippen MR) is 88.3 cm³/mol. The van der Waals surface area contributed by atoms with E-state index in [-0.39, 0.29) is 0 Å². The van der Waals surface area contributed by atoms with Crippen LogP contribution in [0.4, 0.5) is 0 Å². The summed E-state index contributed by atoms with van der Waals surface area (Å²) >= 11 is 0. The van der Waals surface area contributed by atoms with E-state index < -0.39 is 0 Å². The Bertz CT molecular complexity index is 554. The van der Waals surface area contributed by atoms with Crippen molar-refractivity contribution in [3.63, 3.8) is 0 Å². The minimum atomic E-state index is 0.352. The molecule has 0 saturated carbocycles. The van der Waals surface area contributed by atoms with Crippen LogP contribution in [0, 0.1) is 6.92 Å². The molecule has 1 aromatic carbocycles. The molecule has 1 heterocycles. The molecule has 0 bridgehead atoms. The fourth-order valence-corrected chi connectivity index (χ4v) is 2.56. The molecule has 2 rings (SSSR count). The molecule has 1 aromatic heterocycles. The molecule has 1 unspecified atom stereocenters. The molecule has 0 radical (unpaired) electrons. The Kier molecular flexibility index (Phi) is 5.57. The van der Waals surface area contributed by atoms with E-state index in [1.54, 1.807) is 0 Å². The highest BCUT2D eigenvalue weighted by Gasteiger charge is 2.07. The number of nitrogens with one attached hydrogen (secondary N) is 1. The number of aromatic nitrogens is 2. The third-order valence-corrected chi connectivity index (χ3v) is 4.01. The van der Waals surface area contributed by atoms with Crippen molar-refractivity contribution in [3.05, 3.63) is 52.8 Å². The standard InChI is InChI=1S/C18H27N3/c1-5-6-7-16-8-10-17(11-9-16)14(2)19-12-18-13-21(4)20-15(18)3/h8-11,13-14,19H,5-7,12H2,1-4H3. The summed E-state index contributed by atoms with van der Waals surface area (Å²) in [4.78, 5) is 0. The van der Waals surface area contributed by atoms with Crippen molar-refractivity contribution >= 4 is 0 Å². The Labute approximate surface area is 128 Å². The van der Waals surface area contributed by atoms with Crippen molar-refractivity contribution in [1.82, 2.24) is 15.1 Å². The Morgan fingerprint density at radius 3 is 2.52 bits per heavy atom.